The maximum Gasteiger partial charge on any atom is 0.237 e. The number of amides is 2. The highest BCUT2D eigenvalue weighted by Crippen LogP contribution is 2.16. The van der Waals surface area contributed by atoms with Gasteiger partial charge in [-0.1, -0.05) is 50.6 Å². The Bertz CT molecular complexity index is 680. The molecule has 174 valence electrons. The van der Waals surface area contributed by atoms with Gasteiger partial charge in [-0.15, -0.1) is 0 Å². The van der Waals surface area contributed by atoms with E-state index in [1.54, 1.807) is 14.0 Å². The molecule has 0 fully saturated rings. The summed E-state index contributed by atoms with van der Waals surface area (Å²) in [4.78, 5) is 23.8. The Labute approximate surface area is 186 Å². The molecule has 7 nitrogen and oxygen atoms in total. The van der Waals surface area contributed by atoms with Crippen molar-refractivity contribution in [3.05, 3.63) is 47.8 Å². The van der Waals surface area contributed by atoms with E-state index in [1.807, 2.05) is 30.4 Å². The summed E-state index contributed by atoms with van der Waals surface area (Å²) in [5, 5.41) is 18.1. The Morgan fingerprint density at radius 3 is 2.68 bits per heavy atom. The second-order valence-corrected chi connectivity index (χ2v) is 7.73. The van der Waals surface area contributed by atoms with Crippen molar-refractivity contribution in [2.75, 3.05) is 26.7 Å². The van der Waals surface area contributed by atoms with Crippen LogP contribution in [0.4, 0.5) is 0 Å². The number of ether oxygens (including phenoxy) is 1. The first-order chi connectivity index (χ1) is 14.9. The van der Waals surface area contributed by atoms with E-state index in [2.05, 4.69) is 35.9 Å². The van der Waals surface area contributed by atoms with E-state index in [4.69, 9.17) is 4.74 Å². The lowest BCUT2D eigenvalue weighted by Gasteiger charge is -2.23. The van der Waals surface area contributed by atoms with E-state index in [0.717, 1.165) is 24.2 Å². The van der Waals surface area contributed by atoms with Crippen LogP contribution >= 0.6 is 0 Å². The average molecular weight is 434 g/mol. The van der Waals surface area contributed by atoms with Crippen molar-refractivity contribution in [2.45, 2.75) is 58.6 Å². The third-order valence-corrected chi connectivity index (χ3v) is 5.09. The molecule has 0 aliphatic heterocycles. The lowest BCUT2D eigenvalue weighted by molar-refractivity contribution is -0.124. The van der Waals surface area contributed by atoms with Gasteiger partial charge in [-0.3, -0.25) is 9.59 Å². The molecule has 0 aromatic heterocycles. The van der Waals surface area contributed by atoms with Gasteiger partial charge in [0.1, 0.15) is 12.4 Å². The minimum absolute atomic E-state index is 0.00928. The predicted octanol–water partition coefficient (Wildman–Crippen LogP) is 2.36. The SMILES string of the molecule is CCC(C)C(NCCOC1=C(/C=C/CNC(=O)CCC(C)O)C=CCC=C1)C(=O)NC. The van der Waals surface area contributed by atoms with Gasteiger partial charge in [0.05, 0.1) is 12.1 Å². The monoisotopic (exact) mass is 433 g/mol. The molecule has 7 heteroatoms. The Kier molecular flexibility index (Phi) is 13.3. The Morgan fingerprint density at radius 2 is 2.00 bits per heavy atom. The zero-order valence-corrected chi connectivity index (χ0v) is 19.3. The van der Waals surface area contributed by atoms with E-state index in [1.165, 1.54) is 0 Å². The summed E-state index contributed by atoms with van der Waals surface area (Å²) in [5.74, 6) is 0.900. The molecule has 0 aromatic rings. The molecule has 3 unspecified atom stereocenters. The van der Waals surface area contributed by atoms with Gasteiger partial charge in [-0.2, -0.15) is 0 Å². The Hall–Kier alpha value is -2.38. The fourth-order valence-corrected chi connectivity index (χ4v) is 3.00. The molecule has 2 amide bonds. The molecule has 1 aliphatic carbocycles. The topological polar surface area (TPSA) is 99.7 Å². The molecule has 0 saturated carbocycles. The highest BCUT2D eigenvalue weighted by Gasteiger charge is 2.22. The number of carbonyl (C=O) groups excluding carboxylic acids is 2. The number of hydrogen-bond acceptors (Lipinski definition) is 5. The van der Waals surface area contributed by atoms with Crippen molar-refractivity contribution in [3.63, 3.8) is 0 Å². The van der Waals surface area contributed by atoms with Crippen LogP contribution < -0.4 is 16.0 Å². The van der Waals surface area contributed by atoms with Crippen molar-refractivity contribution in [3.8, 4) is 0 Å². The quantitative estimate of drug-likeness (QED) is 0.315. The molecular weight excluding hydrogens is 394 g/mol. The maximum atomic E-state index is 12.1. The van der Waals surface area contributed by atoms with E-state index < -0.39 is 6.10 Å². The van der Waals surface area contributed by atoms with Crippen LogP contribution in [0.1, 0.15) is 46.5 Å². The van der Waals surface area contributed by atoms with Gasteiger partial charge in [0, 0.05) is 32.1 Å². The van der Waals surface area contributed by atoms with E-state index in [-0.39, 0.29) is 23.8 Å². The van der Waals surface area contributed by atoms with Gasteiger partial charge in [-0.25, -0.2) is 0 Å². The van der Waals surface area contributed by atoms with Crippen LogP contribution in [0, 0.1) is 5.92 Å². The first-order valence-corrected chi connectivity index (χ1v) is 11.1. The molecule has 4 N–H and O–H groups in total. The fourth-order valence-electron chi connectivity index (χ4n) is 3.00. The lowest BCUT2D eigenvalue weighted by atomic mass is 9.98. The standard InChI is InChI=1S/C24H39N3O4/c1-5-18(2)23(24(30)25-4)27-16-17-31-21-12-8-6-7-10-20(21)11-9-15-26-22(29)14-13-19(3)28/h7-12,18-19,23,27-28H,5-6,13-17H2,1-4H3,(H,25,30)(H,26,29)/b11-9+. The average Bonchev–Trinajstić information content (AvgIpc) is 2.99. The summed E-state index contributed by atoms with van der Waals surface area (Å²) >= 11 is 0. The highest BCUT2D eigenvalue weighted by atomic mass is 16.5. The maximum absolute atomic E-state index is 12.1. The molecule has 0 radical (unpaired) electrons. The van der Waals surface area contributed by atoms with Crippen LogP contribution in [-0.2, 0) is 14.3 Å². The normalized spacial score (nSPS) is 16.7. The number of carbonyl (C=O) groups is 2. The summed E-state index contributed by atoms with van der Waals surface area (Å²) in [7, 11) is 1.65. The van der Waals surface area contributed by atoms with Gasteiger partial charge < -0.3 is 25.8 Å². The number of nitrogens with one attached hydrogen (secondary N) is 3. The van der Waals surface area contributed by atoms with Crippen molar-refractivity contribution in [1.29, 1.82) is 0 Å². The van der Waals surface area contributed by atoms with Crippen molar-refractivity contribution >= 4 is 11.8 Å². The highest BCUT2D eigenvalue weighted by molar-refractivity contribution is 5.81. The largest absolute Gasteiger partial charge is 0.492 e. The van der Waals surface area contributed by atoms with Crippen molar-refractivity contribution in [1.82, 2.24) is 16.0 Å². The second-order valence-electron chi connectivity index (χ2n) is 7.73. The van der Waals surface area contributed by atoms with Crippen molar-refractivity contribution in [2.24, 2.45) is 5.92 Å². The number of allylic oxidation sites excluding steroid dienone is 6. The van der Waals surface area contributed by atoms with Crippen molar-refractivity contribution < 1.29 is 19.4 Å². The van der Waals surface area contributed by atoms with Crippen LogP contribution in [0.25, 0.3) is 0 Å². The molecule has 31 heavy (non-hydrogen) atoms. The summed E-state index contributed by atoms with van der Waals surface area (Å²) < 4.78 is 5.98. The Morgan fingerprint density at radius 1 is 1.26 bits per heavy atom. The second kappa shape index (κ2) is 15.4. The van der Waals surface area contributed by atoms with Crippen LogP contribution in [0.3, 0.4) is 0 Å². The van der Waals surface area contributed by atoms with Gasteiger partial charge in [0.25, 0.3) is 0 Å². The van der Waals surface area contributed by atoms with Gasteiger partial charge in [-0.05, 0) is 31.8 Å². The van der Waals surface area contributed by atoms with Crippen LogP contribution in [0.5, 0.6) is 0 Å². The third kappa shape index (κ3) is 11.0. The summed E-state index contributed by atoms with van der Waals surface area (Å²) in [6, 6.07) is -0.242. The molecule has 0 aromatic carbocycles. The minimum Gasteiger partial charge on any atom is -0.492 e. The minimum atomic E-state index is -0.472. The summed E-state index contributed by atoms with van der Waals surface area (Å²) in [5.41, 5.74) is 0.928. The van der Waals surface area contributed by atoms with E-state index >= 15 is 0 Å². The molecule has 0 saturated heterocycles. The Balaban J connectivity index is 2.58. The third-order valence-electron chi connectivity index (χ3n) is 5.09. The molecule has 1 rings (SSSR count). The van der Waals surface area contributed by atoms with Crippen LogP contribution in [0.2, 0.25) is 0 Å². The summed E-state index contributed by atoms with van der Waals surface area (Å²) in [6.07, 6.45) is 13.9. The number of aliphatic hydroxyl groups is 1. The lowest BCUT2D eigenvalue weighted by Crippen LogP contribution is -2.47. The molecule has 1 aliphatic rings. The van der Waals surface area contributed by atoms with Crippen LogP contribution in [-0.4, -0.2) is 55.8 Å². The van der Waals surface area contributed by atoms with Gasteiger partial charge >= 0.3 is 0 Å². The fraction of sp³-hybridized carbons (Fsp3) is 0.583. The van der Waals surface area contributed by atoms with Gasteiger partial charge in [0.15, 0.2) is 0 Å². The molecular formula is C24H39N3O4. The van der Waals surface area contributed by atoms with Crippen LogP contribution in [0.15, 0.2) is 47.8 Å². The number of aliphatic hydroxyl groups excluding tert-OH is 1. The first kappa shape index (κ1) is 26.7. The zero-order valence-electron chi connectivity index (χ0n) is 19.3. The molecule has 3 atom stereocenters. The molecule has 0 heterocycles. The first-order valence-electron chi connectivity index (χ1n) is 11.1. The zero-order chi connectivity index (χ0) is 23.1. The number of rotatable bonds is 14. The number of hydrogen-bond donors (Lipinski definition) is 4. The van der Waals surface area contributed by atoms with E-state index in [0.29, 0.717) is 32.5 Å². The molecule has 0 bridgehead atoms. The summed E-state index contributed by atoms with van der Waals surface area (Å²) in [6.45, 7) is 7.20. The smallest absolute Gasteiger partial charge is 0.237 e. The predicted molar refractivity (Wildman–Crippen MR) is 124 cm³/mol. The van der Waals surface area contributed by atoms with E-state index in [9.17, 15) is 14.7 Å². The molecule has 0 spiro atoms. The van der Waals surface area contributed by atoms with Gasteiger partial charge in [0.2, 0.25) is 11.8 Å². The number of likely N-dealkylation sites (N-methyl/N-ethyl adjacent to an activating group) is 1.